The van der Waals surface area contributed by atoms with Gasteiger partial charge in [-0.25, -0.2) is 0 Å². The summed E-state index contributed by atoms with van der Waals surface area (Å²) in [5, 5.41) is 9.37. The van der Waals surface area contributed by atoms with E-state index in [-0.39, 0.29) is 19.0 Å². The third-order valence-corrected chi connectivity index (χ3v) is 4.38. The van der Waals surface area contributed by atoms with E-state index in [0.29, 0.717) is 19.3 Å². The van der Waals surface area contributed by atoms with Crippen molar-refractivity contribution in [1.82, 2.24) is 0 Å². The third kappa shape index (κ3) is 4.00. The lowest BCUT2D eigenvalue weighted by molar-refractivity contribution is -0.151. The number of methoxy groups -OCH3 is 1. The second-order valence-corrected chi connectivity index (χ2v) is 5.80. The highest BCUT2D eigenvalue weighted by Crippen LogP contribution is 2.42. The highest BCUT2D eigenvalue weighted by Gasteiger charge is 2.41. The molecule has 2 rings (SSSR count). The summed E-state index contributed by atoms with van der Waals surface area (Å²) < 4.78 is 10.3. The summed E-state index contributed by atoms with van der Waals surface area (Å²) in [4.78, 5) is 23.2. The molecule has 120 valence electrons. The van der Waals surface area contributed by atoms with Gasteiger partial charge in [-0.1, -0.05) is 25.0 Å². The fourth-order valence-corrected chi connectivity index (χ4v) is 2.92. The number of carboxylic acid groups (broad SMARTS) is 1. The minimum Gasteiger partial charge on any atom is -0.497 e. The Hall–Kier alpha value is -2.04. The molecule has 0 saturated heterocycles. The zero-order chi connectivity index (χ0) is 16.0. The average Bonchev–Trinajstić information content (AvgIpc) is 3.02. The van der Waals surface area contributed by atoms with Gasteiger partial charge in [-0.05, 0) is 37.0 Å². The molecular formula is C17H22O5. The first kappa shape index (κ1) is 16.3. The number of benzene rings is 1. The van der Waals surface area contributed by atoms with Crippen LogP contribution in [-0.2, 0) is 20.9 Å². The molecule has 1 aromatic rings. The van der Waals surface area contributed by atoms with Gasteiger partial charge in [0.1, 0.15) is 12.4 Å². The topological polar surface area (TPSA) is 72.8 Å². The van der Waals surface area contributed by atoms with E-state index in [2.05, 4.69) is 0 Å². The number of carboxylic acids is 1. The summed E-state index contributed by atoms with van der Waals surface area (Å²) in [7, 11) is 1.59. The lowest BCUT2D eigenvalue weighted by Gasteiger charge is -2.22. The Morgan fingerprint density at radius 2 is 1.82 bits per heavy atom. The van der Waals surface area contributed by atoms with E-state index in [1.165, 1.54) is 0 Å². The highest BCUT2D eigenvalue weighted by molar-refractivity contribution is 5.76. The number of rotatable bonds is 7. The number of aliphatic carboxylic acids is 1. The van der Waals surface area contributed by atoms with Crippen molar-refractivity contribution < 1.29 is 24.2 Å². The predicted molar refractivity (Wildman–Crippen MR) is 80.6 cm³/mol. The average molecular weight is 306 g/mol. The summed E-state index contributed by atoms with van der Waals surface area (Å²) >= 11 is 0. The van der Waals surface area contributed by atoms with E-state index in [0.717, 1.165) is 24.2 Å². The van der Waals surface area contributed by atoms with Crippen molar-refractivity contribution >= 4 is 11.9 Å². The summed E-state index contributed by atoms with van der Waals surface area (Å²) in [6.07, 6.45) is 3.69. The molecule has 0 spiro atoms. The minimum absolute atomic E-state index is 0.155. The Morgan fingerprint density at radius 1 is 1.18 bits per heavy atom. The largest absolute Gasteiger partial charge is 0.497 e. The summed E-state index contributed by atoms with van der Waals surface area (Å²) in [5.41, 5.74) is 0.155. The van der Waals surface area contributed by atoms with Crippen molar-refractivity contribution in [2.75, 3.05) is 7.11 Å². The van der Waals surface area contributed by atoms with Gasteiger partial charge in [-0.3, -0.25) is 9.59 Å². The fraction of sp³-hybridized carbons (Fsp3) is 0.529. The molecule has 5 heteroatoms. The van der Waals surface area contributed by atoms with Crippen LogP contribution in [0.3, 0.4) is 0 Å². The van der Waals surface area contributed by atoms with Crippen LogP contribution in [0.1, 0.15) is 44.1 Å². The molecule has 0 aromatic heterocycles. The second-order valence-electron chi connectivity index (χ2n) is 5.80. The first-order chi connectivity index (χ1) is 10.6. The van der Waals surface area contributed by atoms with Crippen LogP contribution in [0.2, 0.25) is 0 Å². The van der Waals surface area contributed by atoms with Crippen LogP contribution in [0.4, 0.5) is 0 Å². The molecule has 0 radical (unpaired) electrons. The molecule has 0 heterocycles. The maximum absolute atomic E-state index is 11.8. The van der Waals surface area contributed by atoms with Crippen LogP contribution >= 0.6 is 0 Å². The van der Waals surface area contributed by atoms with Gasteiger partial charge >= 0.3 is 11.9 Å². The van der Waals surface area contributed by atoms with Crippen molar-refractivity contribution in [1.29, 1.82) is 0 Å². The van der Waals surface area contributed by atoms with Crippen molar-refractivity contribution in [3.8, 4) is 5.75 Å². The molecule has 22 heavy (non-hydrogen) atoms. The van der Waals surface area contributed by atoms with Gasteiger partial charge in [-0.15, -0.1) is 0 Å². The van der Waals surface area contributed by atoms with Gasteiger partial charge < -0.3 is 14.6 Å². The van der Waals surface area contributed by atoms with Crippen molar-refractivity contribution in [3.05, 3.63) is 29.8 Å². The van der Waals surface area contributed by atoms with Crippen LogP contribution in [0.5, 0.6) is 5.75 Å². The molecule has 1 aromatic carbocycles. The minimum atomic E-state index is -0.784. The Balaban J connectivity index is 1.79. The summed E-state index contributed by atoms with van der Waals surface area (Å²) in [6, 6.07) is 7.28. The number of hydrogen-bond donors (Lipinski definition) is 1. The Bertz CT molecular complexity index is 514. The lowest BCUT2D eigenvalue weighted by atomic mass is 9.82. The smallest absolute Gasteiger partial charge is 0.309 e. The van der Waals surface area contributed by atoms with Crippen molar-refractivity contribution in [3.63, 3.8) is 0 Å². The van der Waals surface area contributed by atoms with Crippen LogP contribution in [0, 0.1) is 5.41 Å². The number of carbonyl (C=O) groups is 2. The summed E-state index contributed by atoms with van der Waals surface area (Å²) in [5.74, 6) is -0.379. The first-order valence-corrected chi connectivity index (χ1v) is 7.58. The highest BCUT2D eigenvalue weighted by atomic mass is 16.5. The molecule has 5 nitrogen and oxygen atoms in total. The van der Waals surface area contributed by atoms with Gasteiger partial charge in [0, 0.05) is 6.42 Å². The molecule has 1 saturated carbocycles. The van der Waals surface area contributed by atoms with E-state index < -0.39 is 11.4 Å². The monoisotopic (exact) mass is 306 g/mol. The van der Waals surface area contributed by atoms with Gasteiger partial charge in [-0.2, -0.15) is 0 Å². The van der Waals surface area contributed by atoms with Crippen LogP contribution in [-0.4, -0.2) is 24.2 Å². The standard InChI is InChI=1S/C17H22O5/c1-21-14-6-4-13(5-7-14)12-22-15(18)8-11-17(16(19)20)9-2-3-10-17/h4-7H,2-3,8-12H2,1H3,(H,19,20). The number of hydrogen-bond acceptors (Lipinski definition) is 4. The maximum Gasteiger partial charge on any atom is 0.309 e. The zero-order valence-corrected chi connectivity index (χ0v) is 12.8. The molecule has 0 atom stereocenters. The van der Waals surface area contributed by atoms with E-state index in [1.54, 1.807) is 19.2 Å². The van der Waals surface area contributed by atoms with E-state index in [9.17, 15) is 14.7 Å². The molecule has 1 aliphatic carbocycles. The zero-order valence-electron chi connectivity index (χ0n) is 12.8. The van der Waals surface area contributed by atoms with Crippen LogP contribution in [0.15, 0.2) is 24.3 Å². The first-order valence-electron chi connectivity index (χ1n) is 7.58. The molecule has 0 unspecified atom stereocenters. The molecule has 1 aliphatic rings. The summed E-state index contributed by atoms with van der Waals surface area (Å²) in [6.45, 7) is 0.197. The normalized spacial score (nSPS) is 16.2. The maximum atomic E-state index is 11.8. The molecular weight excluding hydrogens is 284 g/mol. The molecule has 1 fully saturated rings. The third-order valence-electron chi connectivity index (χ3n) is 4.38. The fourth-order valence-electron chi connectivity index (χ4n) is 2.92. The van der Waals surface area contributed by atoms with Crippen LogP contribution < -0.4 is 4.74 Å². The predicted octanol–water partition coefficient (Wildman–Crippen LogP) is 3.16. The molecule has 0 bridgehead atoms. The van der Waals surface area contributed by atoms with E-state index >= 15 is 0 Å². The lowest BCUT2D eigenvalue weighted by Crippen LogP contribution is -2.28. The van der Waals surface area contributed by atoms with Gasteiger partial charge in [0.2, 0.25) is 0 Å². The number of esters is 1. The van der Waals surface area contributed by atoms with Gasteiger partial charge in [0.15, 0.2) is 0 Å². The quantitative estimate of drug-likeness (QED) is 0.783. The van der Waals surface area contributed by atoms with E-state index in [1.807, 2.05) is 12.1 Å². The SMILES string of the molecule is COc1ccc(COC(=O)CCC2(C(=O)O)CCCC2)cc1. The number of ether oxygens (including phenoxy) is 2. The second kappa shape index (κ2) is 7.29. The van der Waals surface area contributed by atoms with Gasteiger partial charge in [0.25, 0.3) is 0 Å². The Labute approximate surface area is 130 Å². The molecule has 0 amide bonds. The molecule has 1 N–H and O–H groups in total. The van der Waals surface area contributed by atoms with Crippen LogP contribution in [0.25, 0.3) is 0 Å². The Kier molecular flexibility index (Phi) is 5.41. The van der Waals surface area contributed by atoms with Crippen molar-refractivity contribution in [2.45, 2.75) is 45.1 Å². The Morgan fingerprint density at radius 3 is 2.36 bits per heavy atom. The number of carbonyl (C=O) groups excluding carboxylic acids is 1. The van der Waals surface area contributed by atoms with Gasteiger partial charge in [0.05, 0.1) is 12.5 Å². The van der Waals surface area contributed by atoms with Crippen molar-refractivity contribution in [2.24, 2.45) is 5.41 Å². The molecule has 0 aliphatic heterocycles. The van der Waals surface area contributed by atoms with E-state index in [4.69, 9.17) is 9.47 Å².